The maximum Gasteiger partial charge on any atom is 0.251 e. The first kappa shape index (κ1) is 19.3. The molecule has 26 heavy (non-hydrogen) atoms. The van der Waals surface area contributed by atoms with Gasteiger partial charge in [-0.25, -0.2) is 13.1 Å². The van der Waals surface area contributed by atoms with Crippen molar-refractivity contribution >= 4 is 15.9 Å². The summed E-state index contributed by atoms with van der Waals surface area (Å²) in [6.07, 6.45) is 7.22. The van der Waals surface area contributed by atoms with Gasteiger partial charge in [0.25, 0.3) is 5.91 Å². The molecule has 1 atom stereocenters. The normalized spacial score (nSPS) is 21.7. The standard InChI is InChI=1S/C19H28N2O4S/c1-14-9-10-17(26(23,24)20-13-16-8-5-11-25-16)12-18(14)19(22)21-15-6-3-2-4-7-15/h9-10,12,15-16,20H,2-8,11,13H2,1H3,(H,21,22). The number of aryl methyl sites for hydroxylation is 1. The van der Waals surface area contributed by atoms with Gasteiger partial charge >= 0.3 is 0 Å². The third kappa shape index (κ3) is 4.84. The van der Waals surface area contributed by atoms with E-state index in [1.165, 1.54) is 12.5 Å². The second kappa shape index (κ2) is 8.50. The minimum atomic E-state index is -3.66. The van der Waals surface area contributed by atoms with E-state index in [9.17, 15) is 13.2 Å². The van der Waals surface area contributed by atoms with E-state index in [0.717, 1.165) is 44.1 Å². The summed E-state index contributed by atoms with van der Waals surface area (Å²) in [5.41, 5.74) is 1.20. The maximum atomic E-state index is 12.6. The van der Waals surface area contributed by atoms with Crippen LogP contribution in [0.1, 0.15) is 60.9 Å². The molecule has 1 heterocycles. The third-order valence-corrected chi connectivity index (χ3v) is 6.65. The van der Waals surface area contributed by atoms with Crippen LogP contribution in [-0.2, 0) is 14.8 Å². The van der Waals surface area contributed by atoms with Crippen LogP contribution in [0.15, 0.2) is 23.1 Å². The Morgan fingerprint density at radius 3 is 2.62 bits per heavy atom. The Hall–Kier alpha value is -1.44. The lowest BCUT2D eigenvalue weighted by atomic mass is 9.95. The molecule has 1 unspecified atom stereocenters. The Bertz CT molecular complexity index is 736. The first-order valence-corrected chi connectivity index (χ1v) is 11.0. The van der Waals surface area contributed by atoms with Gasteiger partial charge in [0.05, 0.1) is 11.0 Å². The maximum absolute atomic E-state index is 12.6. The van der Waals surface area contributed by atoms with Crippen molar-refractivity contribution in [3.63, 3.8) is 0 Å². The highest BCUT2D eigenvalue weighted by atomic mass is 32.2. The summed E-state index contributed by atoms with van der Waals surface area (Å²) >= 11 is 0. The van der Waals surface area contributed by atoms with Gasteiger partial charge in [-0.3, -0.25) is 4.79 Å². The van der Waals surface area contributed by atoms with Crippen LogP contribution in [0.25, 0.3) is 0 Å². The number of ether oxygens (including phenoxy) is 1. The fourth-order valence-electron chi connectivity index (χ4n) is 3.61. The number of benzene rings is 1. The number of nitrogens with one attached hydrogen (secondary N) is 2. The summed E-state index contributed by atoms with van der Waals surface area (Å²) in [7, 11) is -3.66. The van der Waals surface area contributed by atoms with E-state index in [2.05, 4.69) is 10.0 Å². The van der Waals surface area contributed by atoms with Crippen molar-refractivity contribution in [2.24, 2.45) is 0 Å². The fourth-order valence-corrected chi connectivity index (χ4v) is 4.71. The summed E-state index contributed by atoms with van der Waals surface area (Å²) in [6.45, 7) is 2.77. The predicted molar refractivity (Wildman–Crippen MR) is 99.7 cm³/mol. The average molecular weight is 381 g/mol. The molecule has 1 aromatic carbocycles. The number of amides is 1. The van der Waals surface area contributed by atoms with Gasteiger partial charge in [-0.05, 0) is 50.3 Å². The quantitative estimate of drug-likeness (QED) is 0.794. The number of carbonyl (C=O) groups excluding carboxylic acids is 1. The molecule has 0 radical (unpaired) electrons. The topological polar surface area (TPSA) is 84.5 Å². The molecule has 6 nitrogen and oxygen atoms in total. The molecule has 0 aromatic heterocycles. The van der Waals surface area contributed by atoms with Crippen molar-refractivity contribution in [1.82, 2.24) is 10.0 Å². The summed E-state index contributed by atoms with van der Waals surface area (Å²) in [4.78, 5) is 12.8. The van der Waals surface area contributed by atoms with Gasteiger partial charge in [0.1, 0.15) is 0 Å². The van der Waals surface area contributed by atoms with Crippen molar-refractivity contribution in [1.29, 1.82) is 0 Å². The van der Waals surface area contributed by atoms with E-state index in [-0.39, 0.29) is 29.5 Å². The SMILES string of the molecule is Cc1ccc(S(=O)(=O)NCC2CCCO2)cc1C(=O)NC1CCCCC1. The molecule has 144 valence electrons. The first-order valence-electron chi connectivity index (χ1n) is 9.48. The van der Waals surface area contributed by atoms with E-state index in [4.69, 9.17) is 4.74 Å². The lowest BCUT2D eigenvalue weighted by molar-refractivity contribution is 0.0927. The van der Waals surface area contributed by atoms with Gasteiger partial charge < -0.3 is 10.1 Å². The monoisotopic (exact) mass is 380 g/mol. The molecule has 2 fully saturated rings. The lowest BCUT2D eigenvalue weighted by Crippen LogP contribution is -2.36. The third-order valence-electron chi connectivity index (χ3n) is 5.23. The van der Waals surface area contributed by atoms with Gasteiger partial charge in [0, 0.05) is 24.8 Å². The molecule has 3 rings (SSSR count). The molecule has 1 saturated carbocycles. The molecule has 1 aliphatic carbocycles. The minimum absolute atomic E-state index is 0.0655. The van der Waals surface area contributed by atoms with Crippen molar-refractivity contribution < 1.29 is 17.9 Å². The molecule has 1 amide bonds. The van der Waals surface area contributed by atoms with Crippen LogP contribution >= 0.6 is 0 Å². The number of hydrogen-bond donors (Lipinski definition) is 2. The zero-order valence-corrected chi connectivity index (χ0v) is 16.1. The largest absolute Gasteiger partial charge is 0.377 e. The van der Waals surface area contributed by atoms with Crippen LogP contribution in [0, 0.1) is 6.92 Å². The highest BCUT2D eigenvalue weighted by Crippen LogP contribution is 2.20. The highest BCUT2D eigenvalue weighted by molar-refractivity contribution is 7.89. The molecule has 2 aliphatic rings. The van der Waals surface area contributed by atoms with Crippen molar-refractivity contribution in [3.05, 3.63) is 29.3 Å². The molecule has 1 saturated heterocycles. The Labute approximate surface area is 155 Å². The molecule has 2 N–H and O–H groups in total. The smallest absolute Gasteiger partial charge is 0.251 e. The van der Waals surface area contributed by atoms with E-state index < -0.39 is 10.0 Å². The van der Waals surface area contributed by atoms with Crippen LogP contribution in [-0.4, -0.2) is 39.6 Å². The number of sulfonamides is 1. The Balaban J connectivity index is 1.70. The predicted octanol–water partition coefficient (Wildman–Crippen LogP) is 2.51. The second-order valence-corrected chi connectivity index (χ2v) is 9.04. The highest BCUT2D eigenvalue weighted by Gasteiger charge is 2.23. The van der Waals surface area contributed by atoms with Gasteiger partial charge in [-0.15, -0.1) is 0 Å². The molecule has 1 aliphatic heterocycles. The first-order chi connectivity index (χ1) is 12.5. The van der Waals surface area contributed by atoms with Crippen molar-refractivity contribution in [3.8, 4) is 0 Å². The van der Waals surface area contributed by atoms with Crippen LogP contribution in [0.2, 0.25) is 0 Å². The van der Waals surface area contributed by atoms with Crippen molar-refractivity contribution in [2.75, 3.05) is 13.2 Å². The molecule has 0 bridgehead atoms. The second-order valence-electron chi connectivity index (χ2n) is 7.27. The van der Waals surface area contributed by atoms with E-state index in [1.54, 1.807) is 12.1 Å². The van der Waals surface area contributed by atoms with Crippen LogP contribution < -0.4 is 10.0 Å². The summed E-state index contributed by atoms with van der Waals surface area (Å²) in [6, 6.07) is 4.90. The molecule has 1 aromatic rings. The van der Waals surface area contributed by atoms with E-state index >= 15 is 0 Å². The molecular formula is C19H28N2O4S. The van der Waals surface area contributed by atoms with E-state index in [1.807, 2.05) is 6.92 Å². The summed E-state index contributed by atoms with van der Waals surface area (Å²) in [5, 5.41) is 3.06. The average Bonchev–Trinajstić information content (AvgIpc) is 3.15. The number of carbonyl (C=O) groups is 1. The lowest BCUT2D eigenvalue weighted by Gasteiger charge is -2.23. The number of hydrogen-bond acceptors (Lipinski definition) is 4. The summed E-state index contributed by atoms with van der Waals surface area (Å²) < 4.78 is 33.2. The Morgan fingerprint density at radius 2 is 1.92 bits per heavy atom. The summed E-state index contributed by atoms with van der Waals surface area (Å²) in [5.74, 6) is -0.189. The van der Waals surface area contributed by atoms with Gasteiger partial charge in [-0.2, -0.15) is 0 Å². The van der Waals surface area contributed by atoms with E-state index in [0.29, 0.717) is 12.2 Å². The zero-order valence-electron chi connectivity index (χ0n) is 15.3. The molecule has 0 spiro atoms. The van der Waals surface area contributed by atoms with Crippen molar-refractivity contribution in [2.45, 2.75) is 68.9 Å². The molecule has 7 heteroatoms. The fraction of sp³-hybridized carbons (Fsp3) is 0.632. The molecular weight excluding hydrogens is 352 g/mol. The van der Waals surface area contributed by atoms with Crippen LogP contribution in [0.5, 0.6) is 0 Å². The minimum Gasteiger partial charge on any atom is -0.377 e. The van der Waals surface area contributed by atoms with Gasteiger partial charge in [0.15, 0.2) is 0 Å². The number of rotatable bonds is 6. The van der Waals surface area contributed by atoms with Gasteiger partial charge in [-0.1, -0.05) is 25.3 Å². The van der Waals surface area contributed by atoms with Crippen LogP contribution in [0.4, 0.5) is 0 Å². The van der Waals surface area contributed by atoms with Crippen LogP contribution in [0.3, 0.4) is 0 Å². The van der Waals surface area contributed by atoms with Gasteiger partial charge in [0.2, 0.25) is 10.0 Å². The Morgan fingerprint density at radius 1 is 1.15 bits per heavy atom. The Kier molecular flexibility index (Phi) is 6.32. The zero-order chi connectivity index (χ0) is 18.6.